The Morgan fingerprint density at radius 1 is 1.36 bits per heavy atom. The van der Waals surface area contributed by atoms with Crippen LogP contribution in [0.1, 0.15) is 37.1 Å². The Morgan fingerprint density at radius 2 is 2.12 bits per heavy atom. The average Bonchev–Trinajstić information content (AvgIpc) is 3.04. The number of rotatable bonds is 8. The minimum absolute atomic E-state index is 0.0544. The van der Waals surface area contributed by atoms with Gasteiger partial charge in [0.05, 0.1) is 0 Å². The third-order valence-electron chi connectivity index (χ3n) is 4.11. The van der Waals surface area contributed by atoms with E-state index in [4.69, 9.17) is 16.3 Å². The van der Waals surface area contributed by atoms with E-state index in [9.17, 15) is 9.59 Å². The number of hydrogen-bond donors (Lipinski definition) is 1. The zero-order valence-electron chi connectivity index (χ0n) is 14.7. The molecule has 138 valence electrons. The molecule has 1 aromatic carbocycles. The van der Waals surface area contributed by atoms with Gasteiger partial charge in [-0.2, -0.15) is 0 Å². The number of nitrogens with zero attached hydrogens (tertiary/aromatic N) is 1. The van der Waals surface area contributed by atoms with Crippen LogP contribution in [0.5, 0.6) is 0 Å². The monoisotopic (exact) mass is 384 g/mol. The van der Waals surface area contributed by atoms with Crippen LogP contribution in [-0.2, 0) is 14.3 Å². The summed E-state index contributed by atoms with van der Waals surface area (Å²) in [5.41, 5.74) is 0.847. The fourth-order valence-electron chi connectivity index (χ4n) is 2.83. The van der Waals surface area contributed by atoms with Crippen LogP contribution in [0.3, 0.4) is 0 Å². The molecule has 0 unspecified atom stereocenters. The summed E-state index contributed by atoms with van der Waals surface area (Å²) in [6.45, 7) is 2.70. The molecule has 25 heavy (non-hydrogen) atoms. The highest BCUT2D eigenvalue weighted by atomic mass is 35.5. The lowest BCUT2D eigenvalue weighted by Gasteiger charge is -2.29. The quantitative estimate of drug-likeness (QED) is 0.699. The third-order valence-corrected chi connectivity index (χ3v) is 5.76. The topological polar surface area (TPSA) is 58.6 Å². The highest BCUT2D eigenvalue weighted by molar-refractivity contribution is 7.99. The summed E-state index contributed by atoms with van der Waals surface area (Å²) >= 11 is 7.87. The van der Waals surface area contributed by atoms with Gasteiger partial charge < -0.3 is 15.0 Å². The van der Waals surface area contributed by atoms with Gasteiger partial charge >= 0.3 is 0 Å². The summed E-state index contributed by atoms with van der Waals surface area (Å²) in [6.07, 6.45) is 3.12. The molecule has 1 fully saturated rings. The second-order valence-corrected chi connectivity index (χ2v) is 7.48. The number of halogens is 1. The molecule has 0 saturated carbocycles. The number of hydrogen-bond acceptors (Lipinski definition) is 4. The van der Waals surface area contributed by atoms with E-state index < -0.39 is 6.04 Å². The van der Waals surface area contributed by atoms with Crippen LogP contribution >= 0.6 is 23.4 Å². The molecule has 0 radical (unpaired) electrons. The molecule has 1 aliphatic heterocycles. The second-order valence-electron chi connectivity index (χ2n) is 5.96. The first-order valence-corrected chi connectivity index (χ1v) is 9.96. The van der Waals surface area contributed by atoms with Crippen molar-refractivity contribution in [3.05, 3.63) is 34.9 Å². The molecular weight excluding hydrogens is 360 g/mol. The third kappa shape index (κ3) is 5.12. The van der Waals surface area contributed by atoms with Crippen molar-refractivity contribution in [3.8, 4) is 0 Å². The Kier molecular flexibility index (Phi) is 8.06. The largest absolute Gasteiger partial charge is 0.375 e. The lowest BCUT2D eigenvalue weighted by molar-refractivity contribution is -0.142. The van der Waals surface area contributed by atoms with E-state index in [-0.39, 0.29) is 23.8 Å². The van der Waals surface area contributed by atoms with Gasteiger partial charge in [0.25, 0.3) is 0 Å². The Morgan fingerprint density at radius 3 is 2.80 bits per heavy atom. The zero-order valence-corrected chi connectivity index (χ0v) is 16.2. The van der Waals surface area contributed by atoms with Crippen LogP contribution < -0.4 is 5.32 Å². The first-order chi connectivity index (χ1) is 12.1. The van der Waals surface area contributed by atoms with Gasteiger partial charge in [0.1, 0.15) is 18.0 Å². The van der Waals surface area contributed by atoms with Gasteiger partial charge in [0.15, 0.2) is 0 Å². The van der Waals surface area contributed by atoms with E-state index in [0.717, 1.165) is 24.8 Å². The van der Waals surface area contributed by atoms with Crippen molar-refractivity contribution in [2.24, 2.45) is 0 Å². The molecule has 0 spiro atoms. The molecule has 2 atom stereocenters. The van der Waals surface area contributed by atoms with Crippen molar-refractivity contribution in [1.82, 2.24) is 10.2 Å². The van der Waals surface area contributed by atoms with Crippen LogP contribution in [0.25, 0.3) is 0 Å². The molecule has 2 rings (SSSR count). The predicted molar refractivity (Wildman–Crippen MR) is 102 cm³/mol. The summed E-state index contributed by atoms with van der Waals surface area (Å²) in [7, 11) is 1.48. The van der Waals surface area contributed by atoms with Crippen molar-refractivity contribution in [1.29, 1.82) is 0 Å². The maximum Gasteiger partial charge on any atom is 0.250 e. The van der Waals surface area contributed by atoms with Gasteiger partial charge in [-0.3, -0.25) is 9.59 Å². The smallest absolute Gasteiger partial charge is 0.250 e. The molecule has 1 saturated heterocycles. The van der Waals surface area contributed by atoms with Gasteiger partial charge in [-0.25, -0.2) is 0 Å². The average molecular weight is 385 g/mol. The Hall–Kier alpha value is -1.24. The van der Waals surface area contributed by atoms with Crippen LogP contribution in [0.15, 0.2) is 24.3 Å². The summed E-state index contributed by atoms with van der Waals surface area (Å²) in [5.74, 6) is 0.235. The van der Waals surface area contributed by atoms with Crippen LogP contribution in [0, 0.1) is 0 Å². The number of thioether (sulfide) groups is 1. The molecule has 5 nitrogen and oxygen atoms in total. The SMILES string of the molecule is CCCCCNC(=O)[C@@H]1CS[C@H](c2ccccc2Cl)N1C(=O)COC. The zero-order chi connectivity index (χ0) is 18.2. The molecule has 2 amide bonds. The molecule has 1 aromatic rings. The number of carbonyl (C=O) groups is 2. The van der Waals surface area contributed by atoms with E-state index in [2.05, 4.69) is 12.2 Å². The number of carbonyl (C=O) groups excluding carboxylic acids is 2. The number of amides is 2. The summed E-state index contributed by atoms with van der Waals surface area (Å²) in [6, 6.07) is 6.93. The highest BCUT2D eigenvalue weighted by Crippen LogP contribution is 2.43. The maximum atomic E-state index is 12.6. The van der Waals surface area contributed by atoms with Crippen molar-refractivity contribution in [3.63, 3.8) is 0 Å². The Labute approximate surface area is 158 Å². The fourth-order valence-corrected chi connectivity index (χ4v) is 4.62. The number of ether oxygens (including phenoxy) is 1. The second kappa shape index (κ2) is 10.0. The molecule has 1 aliphatic rings. The van der Waals surface area contributed by atoms with E-state index in [0.29, 0.717) is 17.3 Å². The molecule has 1 heterocycles. The lowest BCUT2D eigenvalue weighted by Crippen LogP contribution is -2.49. The molecule has 0 aromatic heterocycles. The van der Waals surface area contributed by atoms with Gasteiger partial charge in [-0.1, -0.05) is 49.6 Å². The Balaban J connectivity index is 2.15. The molecule has 1 N–H and O–H groups in total. The van der Waals surface area contributed by atoms with Crippen molar-refractivity contribution >= 4 is 35.2 Å². The Bertz CT molecular complexity index is 599. The van der Waals surface area contributed by atoms with E-state index in [1.807, 2.05) is 18.2 Å². The van der Waals surface area contributed by atoms with Gasteiger partial charge in [0, 0.05) is 30.0 Å². The van der Waals surface area contributed by atoms with Crippen LogP contribution in [0.4, 0.5) is 0 Å². The number of methoxy groups -OCH3 is 1. The lowest BCUT2D eigenvalue weighted by atomic mass is 10.1. The summed E-state index contributed by atoms with van der Waals surface area (Å²) < 4.78 is 5.01. The van der Waals surface area contributed by atoms with Gasteiger partial charge in [0.2, 0.25) is 11.8 Å². The minimum atomic E-state index is -0.504. The highest BCUT2D eigenvalue weighted by Gasteiger charge is 2.42. The normalized spacial score (nSPS) is 19.9. The molecule has 0 aliphatic carbocycles. The van der Waals surface area contributed by atoms with E-state index in [1.54, 1.807) is 22.7 Å². The predicted octanol–water partition coefficient (Wildman–Crippen LogP) is 3.24. The first-order valence-electron chi connectivity index (χ1n) is 8.54. The fraction of sp³-hybridized carbons (Fsp3) is 0.556. The minimum Gasteiger partial charge on any atom is -0.375 e. The van der Waals surface area contributed by atoms with E-state index in [1.165, 1.54) is 7.11 Å². The van der Waals surface area contributed by atoms with Crippen molar-refractivity contribution in [2.45, 2.75) is 37.6 Å². The van der Waals surface area contributed by atoms with Gasteiger partial charge in [-0.05, 0) is 12.5 Å². The summed E-state index contributed by atoms with van der Waals surface area (Å²) in [5, 5.41) is 3.27. The standard InChI is InChI=1S/C18H25ClN2O3S/c1-3-4-7-10-20-17(23)15-12-25-18(21(15)16(22)11-24-2)13-8-5-6-9-14(13)19/h5-6,8-9,15,18H,3-4,7,10-12H2,1-2H3,(H,20,23)/t15-,18+/m0/s1. The van der Waals surface area contributed by atoms with Gasteiger partial charge in [-0.15, -0.1) is 11.8 Å². The number of unbranched alkanes of at least 4 members (excludes halogenated alkanes) is 2. The first kappa shape index (κ1) is 20.1. The molecule has 0 bridgehead atoms. The van der Waals surface area contributed by atoms with E-state index >= 15 is 0 Å². The summed E-state index contributed by atoms with van der Waals surface area (Å²) in [4.78, 5) is 26.8. The van der Waals surface area contributed by atoms with Crippen molar-refractivity contribution < 1.29 is 14.3 Å². The molecule has 7 heteroatoms. The number of benzene rings is 1. The van der Waals surface area contributed by atoms with Crippen LogP contribution in [0.2, 0.25) is 5.02 Å². The van der Waals surface area contributed by atoms with Crippen LogP contribution in [-0.4, -0.2) is 48.8 Å². The molecular formula is C18H25ClN2O3S. The maximum absolute atomic E-state index is 12.6. The number of nitrogens with one attached hydrogen (secondary N) is 1. The van der Waals surface area contributed by atoms with Crippen molar-refractivity contribution in [2.75, 3.05) is 26.0 Å².